The summed E-state index contributed by atoms with van der Waals surface area (Å²) in [6, 6.07) is 4.58. The molecule has 1 aromatic heterocycles. The van der Waals surface area contributed by atoms with Crippen LogP contribution in [0.3, 0.4) is 0 Å². The number of hydrogen-bond acceptors (Lipinski definition) is 3. The minimum absolute atomic E-state index is 0.0254. The van der Waals surface area contributed by atoms with Crippen LogP contribution >= 0.6 is 0 Å². The van der Waals surface area contributed by atoms with Gasteiger partial charge in [-0.05, 0) is 19.1 Å². The first kappa shape index (κ1) is 10.6. The van der Waals surface area contributed by atoms with Crippen LogP contribution in [0.1, 0.15) is 17.4 Å². The molecule has 16 heavy (non-hydrogen) atoms. The third-order valence-corrected chi connectivity index (χ3v) is 2.30. The van der Waals surface area contributed by atoms with Crippen LogP contribution < -0.4 is 0 Å². The monoisotopic (exact) mass is 222 g/mol. The lowest BCUT2D eigenvalue weighted by Gasteiger charge is -1.98. The molecule has 0 fully saturated rings. The molecule has 0 saturated heterocycles. The third kappa shape index (κ3) is 1.54. The number of carbonyl (C=O) groups is 1. The number of aryl methyl sites for hydroxylation is 1. The summed E-state index contributed by atoms with van der Waals surface area (Å²) in [4.78, 5) is 11.6. The van der Waals surface area contributed by atoms with Gasteiger partial charge in [-0.2, -0.15) is 5.10 Å². The second kappa shape index (κ2) is 3.92. The van der Waals surface area contributed by atoms with Crippen molar-refractivity contribution in [2.75, 3.05) is 6.61 Å². The van der Waals surface area contributed by atoms with Gasteiger partial charge in [0.2, 0.25) is 0 Å². The Morgan fingerprint density at radius 1 is 1.56 bits per heavy atom. The molecular formula is C11H11FN2O2. The zero-order valence-electron chi connectivity index (χ0n) is 9.03. The maximum atomic E-state index is 13.6. The average molecular weight is 222 g/mol. The van der Waals surface area contributed by atoms with Crippen molar-refractivity contribution in [2.45, 2.75) is 6.92 Å². The minimum atomic E-state index is -0.599. The summed E-state index contributed by atoms with van der Waals surface area (Å²) in [5.41, 5.74) is 0.598. The third-order valence-electron chi connectivity index (χ3n) is 2.30. The fraction of sp³-hybridized carbons (Fsp3) is 0.273. The van der Waals surface area contributed by atoms with Crippen LogP contribution in [0.4, 0.5) is 4.39 Å². The van der Waals surface area contributed by atoms with Crippen LogP contribution in [0.25, 0.3) is 10.9 Å². The van der Waals surface area contributed by atoms with Gasteiger partial charge in [-0.15, -0.1) is 0 Å². The van der Waals surface area contributed by atoms with E-state index < -0.39 is 11.8 Å². The smallest absolute Gasteiger partial charge is 0.359 e. The van der Waals surface area contributed by atoms with E-state index in [2.05, 4.69) is 5.10 Å². The van der Waals surface area contributed by atoms with Crippen LogP contribution in [-0.2, 0) is 11.8 Å². The highest BCUT2D eigenvalue weighted by Gasteiger charge is 2.19. The molecule has 5 heteroatoms. The Labute approximate surface area is 91.6 Å². The van der Waals surface area contributed by atoms with E-state index in [1.165, 1.54) is 10.7 Å². The quantitative estimate of drug-likeness (QED) is 0.729. The van der Waals surface area contributed by atoms with E-state index in [0.717, 1.165) is 0 Å². The number of ether oxygens (including phenoxy) is 1. The molecule has 0 radical (unpaired) electrons. The van der Waals surface area contributed by atoms with Crippen molar-refractivity contribution in [1.82, 2.24) is 9.78 Å². The molecule has 2 rings (SSSR count). The normalized spacial score (nSPS) is 10.7. The molecule has 0 bridgehead atoms. The fourth-order valence-corrected chi connectivity index (χ4v) is 1.61. The lowest BCUT2D eigenvalue weighted by molar-refractivity contribution is 0.0520. The van der Waals surface area contributed by atoms with Gasteiger partial charge in [0.25, 0.3) is 0 Å². The lowest BCUT2D eigenvalue weighted by atomic mass is 10.2. The highest BCUT2D eigenvalue weighted by atomic mass is 19.1. The molecule has 0 amide bonds. The molecule has 0 spiro atoms. The predicted octanol–water partition coefficient (Wildman–Crippen LogP) is 1.89. The van der Waals surface area contributed by atoms with Crippen molar-refractivity contribution in [2.24, 2.45) is 7.05 Å². The molecule has 0 aliphatic rings. The number of esters is 1. The van der Waals surface area contributed by atoms with Crippen LogP contribution in [-0.4, -0.2) is 22.4 Å². The van der Waals surface area contributed by atoms with Crippen molar-refractivity contribution in [3.8, 4) is 0 Å². The van der Waals surface area contributed by atoms with Crippen LogP contribution in [0.2, 0.25) is 0 Å². The molecule has 2 aromatic rings. The van der Waals surface area contributed by atoms with Crippen LogP contribution in [0.5, 0.6) is 0 Å². The molecule has 0 aliphatic carbocycles. The Hall–Kier alpha value is -1.91. The van der Waals surface area contributed by atoms with E-state index in [1.54, 1.807) is 26.1 Å². The number of carbonyl (C=O) groups excluding carboxylic acids is 1. The van der Waals surface area contributed by atoms with Gasteiger partial charge in [0.1, 0.15) is 5.82 Å². The second-order valence-corrected chi connectivity index (χ2v) is 3.33. The van der Waals surface area contributed by atoms with Crippen LogP contribution in [0, 0.1) is 5.82 Å². The Morgan fingerprint density at radius 3 is 3.00 bits per heavy atom. The summed E-state index contributed by atoms with van der Waals surface area (Å²) >= 11 is 0. The first-order chi connectivity index (χ1) is 7.65. The Kier molecular flexibility index (Phi) is 2.60. The Morgan fingerprint density at radius 2 is 2.31 bits per heavy atom. The number of hydrogen-bond donors (Lipinski definition) is 0. The predicted molar refractivity (Wildman–Crippen MR) is 56.6 cm³/mol. The number of nitrogens with zero attached hydrogens (tertiary/aromatic N) is 2. The van der Waals surface area contributed by atoms with E-state index >= 15 is 0 Å². The fourth-order valence-electron chi connectivity index (χ4n) is 1.61. The summed E-state index contributed by atoms with van der Waals surface area (Å²) in [7, 11) is 1.66. The number of rotatable bonds is 2. The maximum absolute atomic E-state index is 13.6. The van der Waals surface area contributed by atoms with E-state index in [1.807, 2.05) is 0 Å². The van der Waals surface area contributed by atoms with Gasteiger partial charge < -0.3 is 4.74 Å². The second-order valence-electron chi connectivity index (χ2n) is 3.33. The molecule has 0 N–H and O–H groups in total. The Balaban J connectivity index is 2.66. The average Bonchev–Trinajstić information content (AvgIpc) is 2.58. The van der Waals surface area contributed by atoms with Crippen molar-refractivity contribution in [3.05, 3.63) is 29.7 Å². The van der Waals surface area contributed by atoms with E-state index in [0.29, 0.717) is 5.52 Å². The van der Waals surface area contributed by atoms with Crippen LogP contribution in [0.15, 0.2) is 18.2 Å². The summed E-state index contributed by atoms with van der Waals surface area (Å²) in [5.74, 6) is -1.06. The highest BCUT2D eigenvalue weighted by Crippen LogP contribution is 2.21. The minimum Gasteiger partial charge on any atom is -0.461 e. The largest absolute Gasteiger partial charge is 0.461 e. The molecule has 0 unspecified atom stereocenters. The number of fused-ring (bicyclic) bond motifs is 1. The van der Waals surface area contributed by atoms with E-state index in [9.17, 15) is 9.18 Å². The first-order valence-electron chi connectivity index (χ1n) is 4.93. The van der Waals surface area contributed by atoms with Gasteiger partial charge >= 0.3 is 5.97 Å². The molecule has 84 valence electrons. The zero-order valence-corrected chi connectivity index (χ0v) is 9.03. The van der Waals surface area contributed by atoms with Gasteiger partial charge in [-0.3, -0.25) is 4.68 Å². The Bertz CT molecular complexity index is 548. The molecular weight excluding hydrogens is 211 g/mol. The van der Waals surface area contributed by atoms with Crippen molar-refractivity contribution >= 4 is 16.9 Å². The highest BCUT2D eigenvalue weighted by molar-refractivity contribution is 6.02. The summed E-state index contributed by atoms with van der Waals surface area (Å²) < 4.78 is 19.9. The summed E-state index contributed by atoms with van der Waals surface area (Å²) in [6.07, 6.45) is 0. The molecule has 1 heterocycles. The molecule has 0 atom stereocenters. The standard InChI is InChI=1S/C11H11FN2O2/c1-3-16-11(15)10-9-7(12)5-4-6-8(9)14(2)13-10/h4-6H,3H2,1-2H3. The molecule has 1 aromatic carbocycles. The van der Waals surface area contributed by atoms with Gasteiger partial charge in [0.15, 0.2) is 5.69 Å². The van der Waals surface area contributed by atoms with E-state index in [-0.39, 0.29) is 17.7 Å². The number of aromatic nitrogens is 2. The summed E-state index contributed by atoms with van der Waals surface area (Å²) in [6.45, 7) is 1.94. The number of halogens is 1. The molecule has 0 aliphatic heterocycles. The van der Waals surface area contributed by atoms with Crippen molar-refractivity contribution in [1.29, 1.82) is 0 Å². The molecule has 4 nitrogen and oxygen atoms in total. The SMILES string of the molecule is CCOC(=O)c1nn(C)c2cccc(F)c12. The van der Waals surface area contributed by atoms with Crippen molar-refractivity contribution in [3.63, 3.8) is 0 Å². The van der Waals surface area contributed by atoms with Gasteiger partial charge in [0.05, 0.1) is 17.5 Å². The number of benzene rings is 1. The van der Waals surface area contributed by atoms with E-state index in [4.69, 9.17) is 4.74 Å². The van der Waals surface area contributed by atoms with Gasteiger partial charge in [0, 0.05) is 7.05 Å². The zero-order chi connectivity index (χ0) is 11.7. The maximum Gasteiger partial charge on any atom is 0.359 e. The van der Waals surface area contributed by atoms with Crippen molar-refractivity contribution < 1.29 is 13.9 Å². The summed E-state index contributed by atoms with van der Waals surface area (Å²) in [5, 5.41) is 4.18. The lowest BCUT2D eigenvalue weighted by Crippen LogP contribution is -2.06. The first-order valence-corrected chi connectivity index (χ1v) is 4.93. The van der Waals surface area contributed by atoms with Gasteiger partial charge in [-0.1, -0.05) is 6.07 Å². The topological polar surface area (TPSA) is 44.1 Å². The van der Waals surface area contributed by atoms with Gasteiger partial charge in [-0.25, -0.2) is 9.18 Å². The molecule has 0 saturated carbocycles.